The van der Waals surface area contributed by atoms with Crippen LogP contribution in [0.25, 0.3) is 0 Å². The summed E-state index contributed by atoms with van der Waals surface area (Å²) < 4.78 is 21.9. The highest BCUT2D eigenvalue weighted by Crippen LogP contribution is 2.33. The second-order valence-corrected chi connectivity index (χ2v) is 11.7. The second kappa shape index (κ2) is 15.0. The molecule has 10 heteroatoms. The highest BCUT2D eigenvalue weighted by molar-refractivity contribution is 5.81. The van der Waals surface area contributed by atoms with Gasteiger partial charge in [-0.05, 0) is 56.2 Å². The molecule has 1 rings (SSSR count). The third kappa shape index (κ3) is 10.1. The summed E-state index contributed by atoms with van der Waals surface area (Å²) >= 11 is 0. The number of hydrogen-bond acceptors (Lipinski definition) is 9. The highest BCUT2D eigenvalue weighted by Gasteiger charge is 2.45. The van der Waals surface area contributed by atoms with Crippen LogP contribution in [0.3, 0.4) is 0 Å². The van der Waals surface area contributed by atoms with Crippen molar-refractivity contribution >= 4 is 24.1 Å². The van der Waals surface area contributed by atoms with Gasteiger partial charge < -0.3 is 24.1 Å². The monoisotopic (exact) mass is 565 g/mol. The molecule has 0 spiro atoms. The van der Waals surface area contributed by atoms with Crippen LogP contribution < -0.4 is 14.8 Å². The van der Waals surface area contributed by atoms with Crippen LogP contribution >= 0.6 is 0 Å². The van der Waals surface area contributed by atoms with Crippen LogP contribution in [0.4, 0.5) is 4.79 Å². The molecule has 1 aromatic rings. The van der Waals surface area contributed by atoms with Crippen LogP contribution in [0, 0.1) is 29.6 Å². The van der Waals surface area contributed by atoms with Crippen molar-refractivity contribution in [2.75, 3.05) is 0 Å². The summed E-state index contributed by atoms with van der Waals surface area (Å²) in [4.78, 5) is 50.7. The Kier molecular flexibility index (Phi) is 13.1. The van der Waals surface area contributed by atoms with Crippen LogP contribution in [-0.2, 0) is 30.3 Å². The van der Waals surface area contributed by atoms with E-state index in [1.165, 1.54) is 18.2 Å². The fraction of sp³-hybridized carbons (Fsp3) is 0.667. The van der Waals surface area contributed by atoms with Crippen LogP contribution in [0.1, 0.15) is 81.7 Å². The maximum absolute atomic E-state index is 12.8. The predicted octanol–water partition coefficient (Wildman–Crippen LogP) is 5.60. The minimum absolute atomic E-state index is 0.00908. The first-order valence-electron chi connectivity index (χ1n) is 13.9. The number of carbonyl (C=O) groups excluding carboxylic acids is 3. The lowest BCUT2D eigenvalue weighted by molar-refractivity contribution is -0.168. The third-order valence-electron chi connectivity index (χ3n) is 6.97. The number of benzene rings is 1. The van der Waals surface area contributed by atoms with Crippen molar-refractivity contribution in [1.82, 2.24) is 5.32 Å². The van der Waals surface area contributed by atoms with E-state index in [1.807, 2.05) is 41.5 Å². The number of carboxylic acids is 1. The zero-order chi connectivity index (χ0) is 30.9. The van der Waals surface area contributed by atoms with Gasteiger partial charge in [0.2, 0.25) is 0 Å². The topological polar surface area (TPSA) is 137 Å². The zero-order valence-corrected chi connectivity index (χ0v) is 25.7. The van der Waals surface area contributed by atoms with E-state index in [2.05, 4.69) is 5.32 Å². The normalized spacial score (nSPS) is 15.4. The molecule has 40 heavy (non-hydrogen) atoms. The molecular weight excluding hydrogens is 518 g/mol. The molecule has 1 aromatic carbocycles. The molecule has 0 bridgehead atoms. The molecule has 0 saturated heterocycles. The molecule has 0 aliphatic rings. The maximum Gasteiger partial charge on any atom is 0.510 e. The number of carbonyl (C=O) groups is 4. The Balaban J connectivity index is 3.52. The molecule has 0 aliphatic carbocycles. The van der Waals surface area contributed by atoms with Gasteiger partial charge in [-0.1, -0.05) is 61.5 Å². The fourth-order valence-electron chi connectivity index (χ4n) is 3.28. The van der Waals surface area contributed by atoms with Gasteiger partial charge in [0, 0.05) is 12.5 Å². The maximum atomic E-state index is 12.8. The van der Waals surface area contributed by atoms with Gasteiger partial charge in [0.05, 0.1) is 11.8 Å². The molecule has 3 unspecified atom stereocenters. The molecule has 10 nitrogen and oxygen atoms in total. The number of esters is 2. The number of rotatable bonds is 14. The Morgan fingerprint density at radius 1 is 0.775 bits per heavy atom. The molecule has 2 N–H and O–H groups in total. The van der Waals surface area contributed by atoms with Gasteiger partial charge in [0.1, 0.15) is 6.10 Å². The van der Waals surface area contributed by atoms with Crippen molar-refractivity contribution in [2.45, 2.75) is 100 Å². The van der Waals surface area contributed by atoms with Crippen LogP contribution in [0.5, 0.6) is 11.5 Å². The Morgan fingerprint density at radius 2 is 1.27 bits per heavy atom. The molecule has 0 heterocycles. The minimum Gasteiger partial charge on any atom is -0.477 e. The summed E-state index contributed by atoms with van der Waals surface area (Å²) in [7, 11) is 0. The summed E-state index contributed by atoms with van der Waals surface area (Å²) in [6.07, 6.45) is -1.98. The van der Waals surface area contributed by atoms with Crippen LogP contribution in [-0.4, -0.2) is 47.0 Å². The summed E-state index contributed by atoms with van der Waals surface area (Å²) in [5, 5.41) is 13.0. The molecule has 0 fully saturated rings. The third-order valence-corrected chi connectivity index (χ3v) is 6.97. The van der Waals surface area contributed by atoms with E-state index in [4.69, 9.17) is 18.9 Å². The van der Waals surface area contributed by atoms with Crippen LogP contribution in [0.2, 0.25) is 0 Å². The number of carboxylic acid groups (broad SMARTS) is 1. The lowest BCUT2D eigenvalue weighted by Gasteiger charge is -2.32. The van der Waals surface area contributed by atoms with E-state index in [-0.39, 0.29) is 35.7 Å². The first-order chi connectivity index (χ1) is 18.4. The van der Waals surface area contributed by atoms with Crippen molar-refractivity contribution in [3.05, 3.63) is 23.8 Å². The van der Waals surface area contributed by atoms with Crippen molar-refractivity contribution in [3.63, 3.8) is 0 Å². The van der Waals surface area contributed by atoms with Crippen molar-refractivity contribution in [3.8, 4) is 11.5 Å². The average molecular weight is 566 g/mol. The Hall–Kier alpha value is -3.14. The van der Waals surface area contributed by atoms with Crippen molar-refractivity contribution < 1.29 is 43.2 Å². The quantitative estimate of drug-likeness (QED) is 0.166. The van der Waals surface area contributed by atoms with Gasteiger partial charge >= 0.3 is 24.1 Å². The van der Waals surface area contributed by atoms with Gasteiger partial charge in [0.25, 0.3) is 5.72 Å². The second-order valence-electron chi connectivity index (χ2n) is 11.7. The molecule has 226 valence electrons. The predicted molar refractivity (Wildman–Crippen MR) is 150 cm³/mol. The summed E-state index contributed by atoms with van der Waals surface area (Å²) in [5.41, 5.74) is -1.85. The van der Waals surface area contributed by atoms with E-state index in [0.29, 0.717) is 5.56 Å². The van der Waals surface area contributed by atoms with E-state index in [9.17, 15) is 24.3 Å². The van der Waals surface area contributed by atoms with E-state index in [1.54, 1.807) is 34.6 Å². The number of hydrogen-bond donors (Lipinski definition) is 2. The van der Waals surface area contributed by atoms with Gasteiger partial charge in [-0.25, -0.2) is 9.59 Å². The molecule has 0 radical (unpaired) electrons. The summed E-state index contributed by atoms with van der Waals surface area (Å²) in [5.74, 6) is -3.36. The standard InChI is InChI=1S/C30H47NO9/c1-16(2)20(9)26(32)38-24-13-12-23(14-25(24)39-27(33)21(10)17(3)4)15-30(28(34)35,31-19(7)8)40-29(36)37-22(11)18(5)6/h12-14,16-22,31H,15H2,1-11H3,(H,34,35)/t20?,21?,22?,30-/m0/s1. The van der Waals surface area contributed by atoms with Crippen LogP contribution in [0.15, 0.2) is 18.2 Å². The summed E-state index contributed by atoms with van der Waals surface area (Å²) in [6.45, 7) is 19.8. The number of ether oxygens (including phenoxy) is 4. The largest absolute Gasteiger partial charge is 0.510 e. The lowest BCUT2D eigenvalue weighted by Crippen LogP contribution is -2.59. The molecule has 0 amide bonds. The number of nitrogens with one attached hydrogen (secondary N) is 1. The van der Waals surface area contributed by atoms with Gasteiger partial charge in [0.15, 0.2) is 11.5 Å². The Bertz CT molecular complexity index is 1030. The van der Waals surface area contributed by atoms with Gasteiger partial charge in [-0.3, -0.25) is 14.9 Å². The minimum atomic E-state index is -2.20. The number of aliphatic carboxylic acids is 1. The Labute approximate surface area is 238 Å². The highest BCUT2D eigenvalue weighted by atomic mass is 16.7. The van der Waals surface area contributed by atoms with Gasteiger partial charge in [-0.15, -0.1) is 0 Å². The van der Waals surface area contributed by atoms with E-state index >= 15 is 0 Å². The van der Waals surface area contributed by atoms with E-state index < -0.39 is 53.8 Å². The zero-order valence-electron chi connectivity index (χ0n) is 25.7. The molecule has 4 atom stereocenters. The van der Waals surface area contributed by atoms with Crippen molar-refractivity contribution in [2.24, 2.45) is 29.6 Å². The molecule has 0 aliphatic heterocycles. The Morgan fingerprint density at radius 3 is 1.70 bits per heavy atom. The smallest absolute Gasteiger partial charge is 0.477 e. The first kappa shape index (κ1) is 34.9. The van der Waals surface area contributed by atoms with Crippen molar-refractivity contribution in [1.29, 1.82) is 0 Å². The average Bonchev–Trinajstić information content (AvgIpc) is 2.83. The molecular formula is C30H47NO9. The SMILES string of the molecule is CC(C)N[C@@](Cc1ccc(OC(=O)C(C)C(C)C)c(OC(=O)C(C)C(C)C)c1)(OC(=O)OC(C)C(C)C)C(=O)O. The fourth-order valence-corrected chi connectivity index (χ4v) is 3.28. The summed E-state index contributed by atoms with van der Waals surface area (Å²) in [6, 6.07) is 3.98. The van der Waals surface area contributed by atoms with E-state index in [0.717, 1.165) is 0 Å². The lowest BCUT2D eigenvalue weighted by atomic mass is 9.98. The molecule has 0 aromatic heterocycles. The van der Waals surface area contributed by atoms with Gasteiger partial charge in [-0.2, -0.15) is 0 Å². The molecule has 0 saturated carbocycles. The first-order valence-corrected chi connectivity index (χ1v) is 13.9.